The molecule has 6 nitrogen and oxygen atoms in total. The fourth-order valence-corrected chi connectivity index (χ4v) is 2.79. The molecule has 2 N–H and O–H groups in total. The van der Waals surface area contributed by atoms with E-state index < -0.39 is 0 Å². The number of halogens is 1. The van der Waals surface area contributed by atoms with E-state index in [-0.39, 0.29) is 12.2 Å². The van der Waals surface area contributed by atoms with E-state index >= 15 is 0 Å². The molecule has 0 atom stereocenters. The van der Waals surface area contributed by atoms with Gasteiger partial charge in [-0.15, -0.1) is 0 Å². The molecule has 2 aromatic rings. The number of hydrogen-bond donors (Lipinski definition) is 1. The molecule has 0 amide bonds. The van der Waals surface area contributed by atoms with Gasteiger partial charge in [0, 0.05) is 26.3 Å². The quantitative estimate of drug-likeness (QED) is 0.805. The second-order valence-electron chi connectivity index (χ2n) is 4.57. The van der Waals surface area contributed by atoms with Crippen molar-refractivity contribution in [3.8, 4) is 0 Å². The number of hydrogen-bond acceptors (Lipinski definition) is 4. The van der Waals surface area contributed by atoms with E-state index in [1.54, 1.807) is 17.2 Å². The molecule has 0 saturated heterocycles. The summed E-state index contributed by atoms with van der Waals surface area (Å²) in [6.45, 7) is 3.22. The lowest BCUT2D eigenvalue weighted by Crippen LogP contribution is -2.10. The van der Waals surface area contributed by atoms with Gasteiger partial charge in [-0.2, -0.15) is 5.10 Å². The van der Waals surface area contributed by atoms with Crippen molar-refractivity contribution in [2.45, 2.75) is 26.3 Å². The lowest BCUT2D eigenvalue weighted by Gasteiger charge is -2.01. The predicted octanol–water partition coefficient (Wildman–Crippen LogP) is 1.33. The van der Waals surface area contributed by atoms with E-state index in [2.05, 4.69) is 26.0 Å². The average Bonchev–Trinajstić information content (AvgIpc) is 2.99. The molecule has 0 aliphatic rings. The lowest BCUT2D eigenvalue weighted by atomic mass is 10.1. The highest BCUT2D eigenvalue weighted by atomic mass is 79.9. The first kappa shape index (κ1) is 14.9. The van der Waals surface area contributed by atoms with E-state index in [9.17, 15) is 4.79 Å². The SMILES string of the molecule is CCc1nn(C)c(CC(=O)c2cn(CCN)cn2)c1Br. The monoisotopic (exact) mass is 339 g/mol. The summed E-state index contributed by atoms with van der Waals surface area (Å²) in [5.74, 6) is -0.0212. The van der Waals surface area contributed by atoms with E-state index in [0.29, 0.717) is 18.8 Å². The van der Waals surface area contributed by atoms with Gasteiger partial charge in [-0.05, 0) is 22.4 Å². The van der Waals surface area contributed by atoms with E-state index in [4.69, 9.17) is 5.73 Å². The Morgan fingerprint density at radius 3 is 2.85 bits per heavy atom. The fraction of sp³-hybridized carbons (Fsp3) is 0.462. The summed E-state index contributed by atoms with van der Waals surface area (Å²) in [5, 5.41) is 4.39. The Labute approximate surface area is 126 Å². The zero-order valence-corrected chi connectivity index (χ0v) is 13.2. The topological polar surface area (TPSA) is 78.7 Å². The second-order valence-corrected chi connectivity index (χ2v) is 5.36. The highest BCUT2D eigenvalue weighted by molar-refractivity contribution is 9.10. The smallest absolute Gasteiger partial charge is 0.188 e. The van der Waals surface area contributed by atoms with Crippen LogP contribution in [-0.4, -0.2) is 31.7 Å². The molecule has 0 spiro atoms. The molecule has 0 bridgehead atoms. The second kappa shape index (κ2) is 6.32. The van der Waals surface area contributed by atoms with Crippen molar-refractivity contribution in [1.29, 1.82) is 0 Å². The van der Waals surface area contributed by atoms with Crippen LogP contribution in [0.1, 0.15) is 28.8 Å². The van der Waals surface area contributed by atoms with Gasteiger partial charge in [0.15, 0.2) is 5.78 Å². The zero-order valence-electron chi connectivity index (χ0n) is 11.6. The first-order valence-electron chi connectivity index (χ1n) is 6.52. The zero-order chi connectivity index (χ0) is 14.7. The van der Waals surface area contributed by atoms with Gasteiger partial charge in [0.1, 0.15) is 5.69 Å². The summed E-state index contributed by atoms with van der Waals surface area (Å²) >= 11 is 3.52. The third kappa shape index (κ3) is 2.99. The number of nitrogens with zero attached hydrogens (tertiary/aromatic N) is 4. The number of aromatic nitrogens is 4. The van der Waals surface area contributed by atoms with Gasteiger partial charge in [0.2, 0.25) is 0 Å². The molecule has 0 aromatic carbocycles. The van der Waals surface area contributed by atoms with Crippen molar-refractivity contribution in [3.05, 3.63) is 34.1 Å². The van der Waals surface area contributed by atoms with Gasteiger partial charge >= 0.3 is 0 Å². The number of rotatable bonds is 6. The Bertz CT molecular complexity index is 616. The Kier molecular flexibility index (Phi) is 4.72. The lowest BCUT2D eigenvalue weighted by molar-refractivity contribution is 0.0986. The molecule has 0 radical (unpaired) electrons. The molecule has 108 valence electrons. The first-order chi connectivity index (χ1) is 9.56. The number of aryl methyl sites for hydroxylation is 2. The maximum Gasteiger partial charge on any atom is 0.188 e. The Morgan fingerprint density at radius 2 is 2.25 bits per heavy atom. The fourth-order valence-electron chi connectivity index (χ4n) is 2.03. The molecule has 0 fully saturated rings. The number of carbonyl (C=O) groups excluding carboxylic acids is 1. The molecule has 2 aromatic heterocycles. The molecule has 7 heteroatoms. The molecule has 0 unspecified atom stereocenters. The molecule has 2 rings (SSSR count). The van der Waals surface area contributed by atoms with Crippen molar-refractivity contribution in [1.82, 2.24) is 19.3 Å². The molecule has 0 aliphatic carbocycles. The van der Waals surface area contributed by atoms with Crippen molar-refractivity contribution in [3.63, 3.8) is 0 Å². The highest BCUT2D eigenvalue weighted by Crippen LogP contribution is 2.22. The van der Waals surface area contributed by atoms with Crippen LogP contribution in [-0.2, 0) is 26.4 Å². The minimum absolute atomic E-state index is 0.0212. The Morgan fingerprint density at radius 1 is 1.50 bits per heavy atom. The Hall–Kier alpha value is -1.47. The molecular formula is C13H18BrN5O. The largest absolute Gasteiger partial charge is 0.335 e. The van der Waals surface area contributed by atoms with Gasteiger partial charge in [0.05, 0.1) is 28.6 Å². The van der Waals surface area contributed by atoms with Gasteiger partial charge in [-0.1, -0.05) is 6.92 Å². The van der Waals surface area contributed by atoms with Crippen LogP contribution in [0.3, 0.4) is 0 Å². The molecular weight excluding hydrogens is 322 g/mol. The molecule has 0 aliphatic heterocycles. The van der Waals surface area contributed by atoms with Crippen LogP contribution in [0.2, 0.25) is 0 Å². The van der Waals surface area contributed by atoms with E-state index in [1.165, 1.54) is 0 Å². The van der Waals surface area contributed by atoms with Crippen LogP contribution in [0.15, 0.2) is 17.0 Å². The summed E-state index contributed by atoms with van der Waals surface area (Å²) in [6.07, 6.45) is 4.48. The van der Waals surface area contributed by atoms with Crippen molar-refractivity contribution < 1.29 is 4.79 Å². The van der Waals surface area contributed by atoms with Crippen LogP contribution < -0.4 is 5.73 Å². The van der Waals surface area contributed by atoms with E-state index in [0.717, 1.165) is 22.3 Å². The predicted molar refractivity (Wildman–Crippen MR) is 79.6 cm³/mol. The minimum Gasteiger partial charge on any atom is -0.335 e. The van der Waals surface area contributed by atoms with Crippen molar-refractivity contribution in [2.75, 3.05) is 6.54 Å². The molecule has 20 heavy (non-hydrogen) atoms. The van der Waals surface area contributed by atoms with Gasteiger partial charge in [0.25, 0.3) is 0 Å². The van der Waals surface area contributed by atoms with Crippen LogP contribution in [0.4, 0.5) is 0 Å². The van der Waals surface area contributed by atoms with Crippen LogP contribution in [0.5, 0.6) is 0 Å². The highest BCUT2D eigenvalue weighted by Gasteiger charge is 2.18. The number of ketones is 1. The maximum absolute atomic E-state index is 12.3. The Balaban J connectivity index is 2.16. The van der Waals surface area contributed by atoms with Gasteiger partial charge in [-0.25, -0.2) is 4.98 Å². The average molecular weight is 340 g/mol. The third-order valence-corrected chi connectivity index (χ3v) is 4.05. The summed E-state index contributed by atoms with van der Waals surface area (Å²) in [7, 11) is 1.85. The number of imidazole rings is 1. The number of Topliss-reactive ketones (excluding diaryl/α,β-unsaturated/α-hetero) is 1. The van der Waals surface area contributed by atoms with Gasteiger partial charge < -0.3 is 10.3 Å². The summed E-state index contributed by atoms with van der Waals surface area (Å²) in [6, 6.07) is 0. The number of carbonyl (C=O) groups is 1. The van der Waals surface area contributed by atoms with Crippen molar-refractivity contribution >= 4 is 21.7 Å². The molecule has 2 heterocycles. The summed E-state index contributed by atoms with van der Waals surface area (Å²) in [5.41, 5.74) is 7.78. The van der Waals surface area contributed by atoms with Crippen molar-refractivity contribution in [2.24, 2.45) is 12.8 Å². The first-order valence-corrected chi connectivity index (χ1v) is 7.31. The minimum atomic E-state index is -0.0212. The normalized spacial score (nSPS) is 11.0. The van der Waals surface area contributed by atoms with Crippen LogP contribution in [0, 0.1) is 0 Å². The standard InChI is InChI=1S/C13H18BrN5O/c1-3-9-13(14)11(18(2)17-9)6-12(20)10-7-19(5-4-15)8-16-10/h7-8H,3-6,15H2,1-2H3. The summed E-state index contributed by atoms with van der Waals surface area (Å²) < 4.78 is 4.48. The summed E-state index contributed by atoms with van der Waals surface area (Å²) in [4.78, 5) is 16.4. The van der Waals surface area contributed by atoms with Crippen LogP contribution in [0.25, 0.3) is 0 Å². The third-order valence-electron chi connectivity index (χ3n) is 3.14. The van der Waals surface area contributed by atoms with Gasteiger partial charge in [-0.3, -0.25) is 9.48 Å². The maximum atomic E-state index is 12.3. The molecule has 0 saturated carbocycles. The number of nitrogens with two attached hydrogens (primary N) is 1. The van der Waals surface area contributed by atoms with Crippen LogP contribution >= 0.6 is 15.9 Å². The van der Waals surface area contributed by atoms with E-state index in [1.807, 2.05) is 18.5 Å².